The highest BCUT2D eigenvalue weighted by atomic mass is 16.5. The molecule has 6 nitrogen and oxygen atoms in total. The monoisotopic (exact) mass is 261 g/mol. The lowest BCUT2D eigenvalue weighted by Crippen LogP contribution is -2.36. The maximum Gasteiger partial charge on any atom is 0.330 e. The number of rotatable bonds is 2. The molecular formula is C13H15N3O3. The summed E-state index contributed by atoms with van der Waals surface area (Å²) in [5, 5.41) is 10.1. The standard InChI is InChI=1S/C13H15N3O3/c17-12-9-10(15-5-7-19-8-6-15)1-2-11(12)16-4-3-14-13(16)18/h1-4,9,17H,5-8H2,(H,14,18). The van der Waals surface area contributed by atoms with Gasteiger partial charge in [0.05, 0.1) is 18.9 Å². The maximum atomic E-state index is 11.5. The van der Waals surface area contributed by atoms with Gasteiger partial charge in [-0.1, -0.05) is 0 Å². The molecule has 0 bridgehead atoms. The molecule has 1 aliphatic rings. The van der Waals surface area contributed by atoms with Gasteiger partial charge in [-0.2, -0.15) is 0 Å². The van der Waals surface area contributed by atoms with E-state index in [1.54, 1.807) is 18.3 Å². The van der Waals surface area contributed by atoms with Crippen LogP contribution in [0.2, 0.25) is 0 Å². The van der Waals surface area contributed by atoms with Gasteiger partial charge in [0.1, 0.15) is 5.75 Å². The number of benzene rings is 1. The van der Waals surface area contributed by atoms with E-state index in [1.165, 1.54) is 10.8 Å². The van der Waals surface area contributed by atoms with Crippen LogP contribution in [-0.4, -0.2) is 41.0 Å². The van der Waals surface area contributed by atoms with Crippen LogP contribution in [0.1, 0.15) is 0 Å². The van der Waals surface area contributed by atoms with Gasteiger partial charge in [-0.05, 0) is 12.1 Å². The minimum Gasteiger partial charge on any atom is -0.506 e. The van der Waals surface area contributed by atoms with Crippen LogP contribution in [0.25, 0.3) is 5.69 Å². The molecule has 6 heteroatoms. The molecule has 0 aliphatic carbocycles. The molecule has 1 aliphatic heterocycles. The van der Waals surface area contributed by atoms with E-state index < -0.39 is 0 Å². The summed E-state index contributed by atoms with van der Waals surface area (Å²) >= 11 is 0. The number of phenolic OH excluding ortho intramolecular Hbond substituents is 1. The van der Waals surface area contributed by atoms with Crippen molar-refractivity contribution in [1.29, 1.82) is 0 Å². The average molecular weight is 261 g/mol. The van der Waals surface area contributed by atoms with Crippen LogP contribution in [-0.2, 0) is 4.74 Å². The molecule has 1 aromatic heterocycles. The van der Waals surface area contributed by atoms with E-state index in [2.05, 4.69) is 9.88 Å². The summed E-state index contributed by atoms with van der Waals surface area (Å²) < 4.78 is 6.67. The van der Waals surface area contributed by atoms with Crippen LogP contribution < -0.4 is 10.6 Å². The Morgan fingerprint density at radius 2 is 2.05 bits per heavy atom. The van der Waals surface area contributed by atoms with Crippen molar-refractivity contribution in [1.82, 2.24) is 9.55 Å². The molecule has 0 atom stereocenters. The van der Waals surface area contributed by atoms with Crippen molar-refractivity contribution in [2.75, 3.05) is 31.2 Å². The number of aromatic nitrogens is 2. The summed E-state index contributed by atoms with van der Waals surface area (Å²) in [4.78, 5) is 16.2. The van der Waals surface area contributed by atoms with Crippen molar-refractivity contribution in [2.45, 2.75) is 0 Å². The van der Waals surface area contributed by atoms with Crippen LogP contribution in [0, 0.1) is 0 Å². The Balaban J connectivity index is 1.94. The number of morpholine rings is 1. The van der Waals surface area contributed by atoms with Crippen LogP contribution >= 0.6 is 0 Å². The molecule has 19 heavy (non-hydrogen) atoms. The summed E-state index contributed by atoms with van der Waals surface area (Å²) in [7, 11) is 0. The second-order valence-corrected chi connectivity index (χ2v) is 4.41. The van der Waals surface area contributed by atoms with Crippen molar-refractivity contribution in [2.24, 2.45) is 0 Å². The van der Waals surface area contributed by atoms with Crippen molar-refractivity contribution in [3.63, 3.8) is 0 Å². The predicted molar refractivity (Wildman–Crippen MR) is 71.1 cm³/mol. The average Bonchev–Trinajstić information content (AvgIpc) is 2.86. The predicted octanol–water partition coefficient (Wildman–Crippen LogP) is 0.708. The van der Waals surface area contributed by atoms with Crippen LogP contribution in [0.4, 0.5) is 5.69 Å². The lowest BCUT2D eigenvalue weighted by molar-refractivity contribution is 0.122. The molecule has 0 radical (unpaired) electrons. The molecular weight excluding hydrogens is 246 g/mol. The highest BCUT2D eigenvalue weighted by Crippen LogP contribution is 2.27. The number of nitrogens with zero attached hydrogens (tertiary/aromatic N) is 2. The van der Waals surface area contributed by atoms with Crippen molar-refractivity contribution >= 4 is 5.69 Å². The first-order valence-electron chi connectivity index (χ1n) is 6.18. The largest absolute Gasteiger partial charge is 0.506 e. The van der Waals surface area contributed by atoms with E-state index in [-0.39, 0.29) is 11.4 Å². The quantitative estimate of drug-likeness (QED) is 0.835. The number of aromatic hydroxyl groups is 1. The fourth-order valence-electron chi connectivity index (χ4n) is 2.24. The number of nitrogens with one attached hydrogen (secondary N) is 1. The first-order chi connectivity index (χ1) is 9.25. The van der Waals surface area contributed by atoms with Gasteiger partial charge in [-0.25, -0.2) is 4.79 Å². The third-order valence-corrected chi connectivity index (χ3v) is 3.24. The fourth-order valence-corrected chi connectivity index (χ4v) is 2.24. The molecule has 0 saturated carbocycles. The Bertz CT molecular complexity index is 626. The molecule has 0 unspecified atom stereocenters. The Labute approximate surface area is 109 Å². The van der Waals surface area contributed by atoms with Gasteiger partial charge < -0.3 is 19.7 Å². The maximum absolute atomic E-state index is 11.5. The van der Waals surface area contributed by atoms with Crippen molar-refractivity contribution in [3.05, 3.63) is 41.1 Å². The third kappa shape index (κ3) is 2.22. The van der Waals surface area contributed by atoms with Crippen LogP contribution in [0.5, 0.6) is 5.75 Å². The van der Waals surface area contributed by atoms with E-state index in [0.717, 1.165) is 18.8 Å². The normalized spacial score (nSPS) is 15.7. The second kappa shape index (κ2) is 4.81. The molecule has 2 heterocycles. The Morgan fingerprint density at radius 3 is 2.68 bits per heavy atom. The van der Waals surface area contributed by atoms with E-state index in [4.69, 9.17) is 4.74 Å². The number of H-pyrrole nitrogens is 1. The Morgan fingerprint density at radius 1 is 1.26 bits per heavy atom. The van der Waals surface area contributed by atoms with Crippen LogP contribution in [0.15, 0.2) is 35.4 Å². The third-order valence-electron chi connectivity index (χ3n) is 3.24. The summed E-state index contributed by atoms with van der Waals surface area (Å²) in [5.41, 5.74) is 1.14. The zero-order chi connectivity index (χ0) is 13.2. The zero-order valence-electron chi connectivity index (χ0n) is 10.4. The number of imidazole rings is 1. The van der Waals surface area contributed by atoms with E-state index >= 15 is 0 Å². The Hall–Kier alpha value is -2.21. The molecule has 1 aromatic carbocycles. The number of hydrogen-bond acceptors (Lipinski definition) is 4. The Kier molecular flexibility index (Phi) is 3.00. The van der Waals surface area contributed by atoms with Gasteiger partial charge in [0.15, 0.2) is 0 Å². The first kappa shape index (κ1) is 11.9. The van der Waals surface area contributed by atoms with Gasteiger partial charge in [-0.15, -0.1) is 0 Å². The highest BCUT2D eigenvalue weighted by Gasteiger charge is 2.14. The van der Waals surface area contributed by atoms with E-state index in [0.29, 0.717) is 18.9 Å². The summed E-state index contributed by atoms with van der Waals surface area (Å²) in [6.45, 7) is 3.01. The van der Waals surface area contributed by atoms with Gasteiger partial charge in [0.2, 0.25) is 0 Å². The second-order valence-electron chi connectivity index (χ2n) is 4.41. The topological polar surface area (TPSA) is 70.5 Å². The summed E-state index contributed by atoms with van der Waals surface area (Å²) in [6, 6.07) is 5.33. The zero-order valence-corrected chi connectivity index (χ0v) is 10.4. The molecule has 0 spiro atoms. The number of aromatic amines is 1. The molecule has 2 aromatic rings. The molecule has 1 saturated heterocycles. The fraction of sp³-hybridized carbons (Fsp3) is 0.308. The van der Waals surface area contributed by atoms with Crippen molar-refractivity contribution < 1.29 is 9.84 Å². The molecule has 1 fully saturated rings. The summed E-state index contributed by atoms with van der Waals surface area (Å²) in [6.07, 6.45) is 3.13. The van der Waals surface area contributed by atoms with Gasteiger partial charge in [0, 0.05) is 37.2 Å². The molecule has 3 rings (SSSR count). The van der Waals surface area contributed by atoms with Crippen LogP contribution in [0.3, 0.4) is 0 Å². The number of phenols is 1. The molecule has 2 N–H and O–H groups in total. The smallest absolute Gasteiger partial charge is 0.330 e. The summed E-state index contributed by atoms with van der Waals surface area (Å²) in [5.74, 6) is 0.0886. The SMILES string of the molecule is O=c1[nH]ccn1-c1ccc(N2CCOCC2)cc1O. The lowest BCUT2D eigenvalue weighted by atomic mass is 10.2. The number of hydrogen-bond donors (Lipinski definition) is 2. The van der Waals surface area contributed by atoms with Crippen molar-refractivity contribution in [3.8, 4) is 11.4 Å². The highest BCUT2D eigenvalue weighted by molar-refractivity contribution is 5.58. The lowest BCUT2D eigenvalue weighted by Gasteiger charge is -2.29. The minimum atomic E-state index is -0.269. The number of ether oxygens (including phenoxy) is 1. The minimum absolute atomic E-state index is 0.0886. The molecule has 100 valence electrons. The van der Waals surface area contributed by atoms with Gasteiger partial charge >= 0.3 is 5.69 Å². The molecule has 0 amide bonds. The number of anilines is 1. The van der Waals surface area contributed by atoms with Gasteiger partial charge in [-0.3, -0.25) is 4.57 Å². The van der Waals surface area contributed by atoms with E-state index in [1.807, 2.05) is 6.07 Å². The first-order valence-corrected chi connectivity index (χ1v) is 6.18. The van der Waals surface area contributed by atoms with E-state index in [9.17, 15) is 9.90 Å². The van der Waals surface area contributed by atoms with Gasteiger partial charge in [0.25, 0.3) is 0 Å².